The topological polar surface area (TPSA) is 56.8 Å². The lowest BCUT2D eigenvalue weighted by Crippen LogP contribution is -2.50. The minimum Gasteiger partial charge on any atom is -0.363 e. The third-order valence-corrected chi connectivity index (χ3v) is 5.41. The van der Waals surface area contributed by atoms with Gasteiger partial charge in [0.25, 0.3) is 5.91 Å². The fraction of sp³-hybridized carbons (Fsp3) is 0.632. The molecule has 136 valence electrons. The number of likely N-dealkylation sites (tertiary alicyclic amines) is 2. The van der Waals surface area contributed by atoms with Crippen LogP contribution in [0.4, 0.5) is 5.82 Å². The minimum atomic E-state index is -0.361. The number of carbonyl (C=O) groups excluding carboxylic acids is 2. The van der Waals surface area contributed by atoms with Gasteiger partial charge in [-0.2, -0.15) is 0 Å². The Bertz CT molecular complexity index is 641. The van der Waals surface area contributed by atoms with Crippen molar-refractivity contribution in [1.82, 2.24) is 14.8 Å². The fourth-order valence-corrected chi connectivity index (χ4v) is 4.02. The molecule has 1 aromatic heterocycles. The average Bonchev–Trinajstić information content (AvgIpc) is 3.04. The van der Waals surface area contributed by atoms with Crippen LogP contribution in [0.15, 0.2) is 18.3 Å². The maximum Gasteiger partial charge on any atom is 0.255 e. The van der Waals surface area contributed by atoms with Crippen LogP contribution < -0.4 is 4.90 Å². The van der Waals surface area contributed by atoms with E-state index < -0.39 is 0 Å². The first-order valence-corrected chi connectivity index (χ1v) is 9.19. The van der Waals surface area contributed by atoms with E-state index in [1.54, 1.807) is 6.20 Å². The molecule has 2 amide bonds. The van der Waals surface area contributed by atoms with E-state index in [1.807, 2.05) is 40.9 Å². The van der Waals surface area contributed by atoms with Crippen LogP contribution in [0, 0.1) is 5.41 Å². The predicted molar refractivity (Wildman–Crippen MR) is 97.6 cm³/mol. The van der Waals surface area contributed by atoms with E-state index in [1.165, 1.54) is 0 Å². The Labute approximate surface area is 149 Å². The van der Waals surface area contributed by atoms with Gasteiger partial charge in [-0.3, -0.25) is 9.59 Å². The zero-order chi connectivity index (χ0) is 18.0. The van der Waals surface area contributed by atoms with Crippen molar-refractivity contribution in [2.75, 3.05) is 45.2 Å². The molecule has 1 aromatic rings. The van der Waals surface area contributed by atoms with Crippen LogP contribution in [-0.4, -0.2) is 66.9 Å². The molecule has 1 unspecified atom stereocenters. The molecule has 1 atom stereocenters. The number of hydrogen-bond donors (Lipinski definition) is 0. The lowest BCUT2D eigenvalue weighted by Gasteiger charge is -2.39. The van der Waals surface area contributed by atoms with Crippen LogP contribution in [0.1, 0.15) is 43.0 Å². The number of piperidine rings is 1. The van der Waals surface area contributed by atoms with E-state index in [4.69, 9.17) is 0 Å². The molecule has 2 fully saturated rings. The van der Waals surface area contributed by atoms with Crippen molar-refractivity contribution in [1.29, 1.82) is 0 Å². The number of anilines is 1. The minimum absolute atomic E-state index is 0.0184. The predicted octanol–water partition coefficient (Wildman–Crippen LogP) is 2.01. The van der Waals surface area contributed by atoms with Crippen LogP contribution in [0.25, 0.3) is 0 Å². The zero-order valence-corrected chi connectivity index (χ0v) is 15.5. The Morgan fingerprint density at radius 1 is 1.28 bits per heavy atom. The maximum absolute atomic E-state index is 12.9. The molecule has 6 heteroatoms. The van der Waals surface area contributed by atoms with Crippen LogP contribution in [0.3, 0.4) is 0 Å². The second-order valence-corrected chi connectivity index (χ2v) is 7.45. The largest absolute Gasteiger partial charge is 0.363 e. The van der Waals surface area contributed by atoms with Gasteiger partial charge in [-0.25, -0.2) is 4.98 Å². The van der Waals surface area contributed by atoms with Crippen LogP contribution in [-0.2, 0) is 4.79 Å². The summed E-state index contributed by atoms with van der Waals surface area (Å²) in [6, 6.07) is 3.68. The van der Waals surface area contributed by atoms with Gasteiger partial charge < -0.3 is 14.7 Å². The maximum atomic E-state index is 12.9. The van der Waals surface area contributed by atoms with Crippen molar-refractivity contribution < 1.29 is 9.59 Å². The van der Waals surface area contributed by atoms with Gasteiger partial charge in [0.1, 0.15) is 5.82 Å². The van der Waals surface area contributed by atoms with Gasteiger partial charge in [0, 0.05) is 46.5 Å². The molecule has 25 heavy (non-hydrogen) atoms. The molecule has 2 aliphatic rings. The van der Waals surface area contributed by atoms with Crippen molar-refractivity contribution in [2.24, 2.45) is 5.41 Å². The fourth-order valence-electron chi connectivity index (χ4n) is 4.02. The molecule has 0 saturated carbocycles. The second-order valence-electron chi connectivity index (χ2n) is 7.45. The molecule has 3 rings (SSSR count). The van der Waals surface area contributed by atoms with Crippen molar-refractivity contribution >= 4 is 17.6 Å². The van der Waals surface area contributed by atoms with Crippen molar-refractivity contribution in [2.45, 2.75) is 32.6 Å². The summed E-state index contributed by atoms with van der Waals surface area (Å²) in [6.45, 7) is 4.98. The van der Waals surface area contributed by atoms with Crippen LogP contribution >= 0.6 is 0 Å². The summed E-state index contributed by atoms with van der Waals surface area (Å²) >= 11 is 0. The number of aromatic nitrogens is 1. The number of pyridine rings is 1. The first-order valence-electron chi connectivity index (χ1n) is 9.19. The monoisotopic (exact) mass is 344 g/mol. The van der Waals surface area contributed by atoms with E-state index in [2.05, 4.69) is 11.9 Å². The normalized spacial score (nSPS) is 23.4. The summed E-state index contributed by atoms with van der Waals surface area (Å²) in [5.41, 5.74) is 0.233. The van der Waals surface area contributed by atoms with E-state index in [-0.39, 0.29) is 17.2 Å². The third-order valence-electron chi connectivity index (χ3n) is 5.41. The summed E-state index contributed by atoms with van der Waals surface area (Å²) in [4.78, 5) is 35.8. The summed E-state index contributed by atoms with van der Waals surface area (Å²) in [7, 11) is 3.84. The van der Waals surface area contributed by atoms with Crippen molar-refractivity contribution in [3.63, 3.8) is 0 Å². The van der Waals surface area contributed by atoms with Gasteiger partial charge in [-0.15, -0.1) is 0 Å². The van der Waals surface area contributed by atoms with E-state index in [0.717, 1.165) is 44.6 Å². The highest BCUT2D eigenvalue weighted by atomic mass is 16.2. The molecule has 0 bridgehead atoms. The zero-order valence-electron chi connectivity index (χ0n) is 15.5. The molecule has 0 N–H and O–H groups in total. The third kappa shape index (κ3) is 3.34. The van der Waals surface area contributed by atoms with Gasteiger partial charge >= 0.3 is 0 Å². The molecule has 6 nitrogen and oxygen atoms in total. The lowest BCUT2D eigenvalue weighted by molar-refractivity contribution is -0.145. The van der Waals surface area contributed by atoms with Crippen molar-refractivity contribution in [3.8, 4) is 0 Å². The molecule has 2 aliphatic heterocycles. The van der Waals surface area contributed by atoms with Gasteiger partial charge in [-0.1, -0.05) is 6.92 Å². The summed E-state index contributed by atoms with van der Waals surface area (Å²) < 4.78 is 0. The smallest absolute Gasteiger partial charge is 0.255 e. The first-order chi connectivity index (χ1) is 12.0. The summed E-state index contributed by atoms with van der Waals surface area (Å²) in [6.07, 6.45) is 5.32. The average molecular weight is 344 g/mol. The Hall–Kier alpha value is -2.11. The molecule has 0 aliphatic carbocycles. The molecular formula is C19H28N4O2. The van der Waals surface area contributed by atoms with E-state index >= 15 is 0 Å². The molecule has 3 heterocycles. The SMILES string of the molecule is CCCN1CCCC2(CCN(C(=O)c3ccc(N(C)C)nc3)C2)C1=O. The van der Waals surface area contributed by atoms with Gasteiger partial charge in [0.05, 0.1) is 11.0 Å². The standard InChI is InChI=1S/C19H28N4O2/c1-4-10-22-11-5-8-19(18(22)25)9-12-23(14-19)17(24)15-6-7-16(20-13-15)21(2)3/h6-7,13H,4-5,8-12,14H2,1-3H3. The Kier molecular flexibility index (Phi) is 4.97. The number of nitrogens with zero attached hydrogens (tertiary/aromatic N) is 4. The second kappa shape index (κ2) is 7.02. The molecule has 1 spiro atoms. The summed E-state index contributed by atoms with van der Waals surface area (Å²) in [5, 5.41) is 0. The highest BCUT2D eigenvalue weighted by molar-refractivity contribution is 5.95. The van der Waals surface area contributed by atoms with Gasteiger partial charge in [0.2, 0.25) is 5.91 Å². The highest BCUT2D eigenvalue weighted by Crippen LogP contribution is 2.40. The Morgan fingerprint density at radius 2 is 2.08 bits per heavy atom. The van der Waals surface area contributed by atoms with E-state index in [9.17, 15) is 9.59 Å². The quantitative estimate of drug-likeness (QED) is 0.838. The lowest BCUT2D eigenvalue weighted by atomic mass is 9.78. The molecule has 0 aromatic carbocycles. The van der Waals surface area contributed by atoms with E-state index in [0.29, 0.717) is 18.7 Å². The Morgan fingerprint density at radius 3 is 2.72 bits per heavy atom. The number of amides is 2. The van der Waals surface area contributed by atoms with Gasteiger partial charge in [-0.05, 0) is 37.8 Å². The number of carbonyl (C=O) groups is 2. The van der Waals surface area contributed by atoms with Gasteiger partial charge in [0.15, 0.2) is 0 Å². The first kappa shape index (κ1) is 17.7. The molecule has 2 saturated heterocycles. The highest BCUT2D eigenvalue weighted by Gasteiger charge is 2.49. The van der Waals surface area contributed by atoms with Crippen LogP contribution in [0.5, 0.6) is 0 Å². The summed E-state index contributed by atoms with van der Waals surface area (Å²) in [5.74, 6) is 1.05. The number of rotatable bonds is 4. The Balaban J connectivity index is 1.71. The molecular weight excluding hydrogens is 316 g/mol. The van der Waals surface area contributed by atoms with Crippen molar-refractivity contribution in [3.05, 3.63) is 23.9 Å². The molecule has 0 radical (unpaired) electrons. The van der Waals surface area contributed by atoms with Crippen LogP contribution in [0.2, 0.25) is 0 Å². The number of hydrogen-bond acceptors (Lipinski definition) is 4.